The Morgan fingerprint density at radius 3 is 2.56 bits per heavy atom. The van der Waals surface area contributed by atoms with Gasteiger partial charge in [-0.15, -0.1) is 0 Å². The quantitative estimate of drug-likeness (QED) is 0.472. The number of fused-ring (bicyclic) bond motifs is 3. The summed E-state index contributed by atoms with van der Waals surface area (Å²) in [6.45, 7) is 7.12. The van der Waals surface area contributed by atoms with Crippen LogP contribution in [0.25, 0.3) is 0 Å². The van der Waals surface area contributed by atoms with Gasteiger partial charge < -0.3 is 10.2 Å². The number of anilines is 5. The predicted octanol–water partition coefficient (Wildman–Crippen LogP) is 5.03. The Labute approximate surface area is 235 Å². The molecule has 1 fully saturated rings. The number of aliphatic imine (C=N–C) groups is 1. The number of halogens is 3. The van der Waals surface area contributed by atoms with Crippen LogP contribution in [0.2, 0.25) is 10.0 Å². The summed E-state index contributed by atoms with van der Waals surface area (Å²) in [7, 11) is 2.15. The fraction of sp³-hybridized carbons (Fsp3) is 0.333. The second kappa shape index (κ2) is 9.93. The number of hydrogen-bond acceptors (Lipinski definition) is 8. The molecule has 0 aliphatic carbocycles. The molecule has 0 saturated carbocycles. The lowest BCUT2D eigenvalue weighted by molar-refractivity contribution is 0.0999. The van der Waals surface area contributed by atoms with Crippen LogP contribution in [0.15, 0.2) is 47.6 Å². The average Bonchev–Trinajstić information content (AvgIpc) is 3.39. The van der Waals surface area contributed by atoms with Crippen molar-refractivity contribution in [1.29, 1.82) is 0 Å². The third-order valence-corrected chi connectivity index (χ3v) is 8.15. The number of hydrogen-bond donors (Lipinski definition) is 1. The number of nitrogens with zero attached hydrogens (tertiary/aromatic N) is 7. The van der Waals surface area contributed by atoms with Gasteiger partial charge >= 0.3 is 0 Å². The van der Waals surface area contributed by atoms with Crippen molar-refractivity contribution in [3.63, 3.8) is 0 Å². The van der Waals surface area contributed by atoms with Crippen molar-refractivity contribution < 1.29 is 9.18 Å². The van der Waals surface area contributed by atoms with Crippen LogP contribution in [0.3, 0.4) is 0 Å². The minimum atomic E-state index is -0.617. The van der Waals surface area contributed by atoms with E-state index in [0.29, 0.717) is 42.0 Å². The number of guanidine groups is 1. The van der Waals surface area contributed by atoms with Crippen LogP contribution in [0.5, 0.6) is 0 Å². The van der Waals surface area contributed by atoms with E-state index in [4.69, 9.17) is 23.2 Å². The minimum absolute atomic E-state index is 0.0402. The van der Waals surface area contributed by atoms with Crippen LogP contribution < -0.4 is 20.0 Å². The lowest BCUT2D eigenvalue weighted by atomic mass is 10.1. The molecule has 9 nitrogen and oxygen atoms in total. The molecule has 1 saturated heterocycles. The zero-order valence-electron chi connectivity index (χ0n) is 21.7. The maximum absolute atomic E-state index is 14.8. The molecule has 1 N–H and O–H groups in total. The molecule has 2 aromatic carbocycles. The van der Waals surface area contributed by atoms with Gasteiger partial charge in [0.1, 0.15) is 17.1 Å². The molecule has 39 heavy (non-hydrogen) atoms. The molecular weight excluding hydrogens is 542 g/mol. The van der Waals surface area contributed by atoms with Gasteiger partial charge in [-0.1, -0.05) is 29.3 Å². The zero-order chi connectivity index (χ0) is 27.4. The van der Waals surface area contributed by atoms with Gasteiger partial charge in [-0.05, 0) is 51.2 Å². The molecule has 0 radical (unpaired) electrons. The van der Waals surface area contributed by atoms with E-state index in [-0.39, 0.29) is 22.2 Å². The molecule has 2 atom stereocenters. The summed E-state index contributed by atoms with van der Waals surface area (Å²) in [6, 6.07) is 10.9. The molecule has 4 heterocycles. The Morgan fingerprint density at radius 1 is 1.08 bits per heavy atom. The number of carbonyl (C=O) groups excluding carboxylic acids is 1. The number of aromatic nitrogens is 2. The van der Waals surface area contributed by atoms with Crippen LogP contribution in [0.4, 0.5) is 33.2 Å². The standard InChI is InChI=1S/C27H27Cl2FN8O/c1-15-13-36(14-16(2)35(15)3)22-8-7-17(11-20(22)29)33-26-32-12-18-24(34-26)37-10-9-31-27(37)38(25(18)39)23-19(28)5-4-6-21(23)30/h4-8,11-12,15-16H,9-10,13-14H2,1-3H3,(H,32,33,34)/t15-,16?/m0/s1. The third-order valence-electron chi connectivity index (χ3n) is 7.54. The first-order valence-electron chi connectivity index (χ1n) is 12.7. The summed E-state index contributed by atoms with van der Waals surface area (Å²) in [5.41, 5.74) is 1.89. The molecule has 1 unspecified atom stereocenters. The summed E-state index contributed by atoms with van der Waals surface area (Å²) in [6.07, 6.45) is 1.44. The molecule has 3 aromatic rings. The summed E-state index contributed by atoms with van der Waals surface area (Å²) in [5.74, 6) is -0.124. The zero-order valence-corrected chi connectivity index (χ0v) is 23.2. The lowest BCUT2D eigenvalue weighted by Gasteiger charge is -2.43. The molecule has 6 rings (SSSR count). The topological polar surface area (TPSA) is 80.2 Å². The minimum Gasteiger partial charge on any atom is -0.367 e. The molecule has 0 spiro atoms. The predicted molar refractivity (Wildman–Crippen MR) is 154 cm³/mol. The van der Waals surface area contributed by atoms with Gasteiger partial charge in [-0.3, -0.25) is 19.6 Å². The Bertz CT molecular complexity index is 1470. The van der Waals surface area contributed by atoms with Crippen molar-refractivity contribution in [2.45, 2.75) is 25.9 Å². The number of carbonyl (C=O) groups is 1. The number of para-hydroxylation sites is 1. The maximum Gasteiger partial charge on any atom is 0.270 e. The highest BCUT2D eigenvalue weighted by molar-refractivity contribution is 6.38. The van der Waals surface area contributed by atoms with Crippen molar-refractivity contribution in [3.8, 4) is 0 Å². The summed E-state index contributed by atoms with van der Waals surface area (Å²) < 4.78 is 14.8. The van der Waals surface area contributed by atoms with Crippen LogP contribution in [0.1, 0.15) is 24.2 Å². The Kier molecular flexibility index (Phi) is 6.57. The molecule has 1 amide bonds. The van der Waals surface area contributed by atoms with Gasteiger partial charge in [0.25, 0.3) is 5.91 Å². The van der Waals surface area contributed by atoms with Gasteiger partial charge in [0.05, 0.1) is 22.3 Å². The summed E-state index contributed by atoms with van der Waals surface area (Å²) in [5, 5.41) is 3.94. The smallest absolute Gasteiger partial charge is 0.270 e. The molecule has 3 aliphatic heterocycles. The summed E-state index contributed by atoms with van der Waals surface area (Å²) >= 11 is 13.0. The van der Waals surface area contributed by atoms with Gasteiger partial charge in [-0.2, -0.15) is 4.98 Å². The second-order valence-electron chi connectivity index (χ2n) is 10.0. The SMILES string of the molecule is CC1CN(c2ccc(Nc3ncc4c(n3)N3CCN=C3N(c3c(F)cccc3Cl)C4=O)cc2Cl)C[C@H](C)N1C. The summed E-state index contributed by atoms with van der Waals surface area (Å²) in [4.78, 5) is 34.6. The molecule has 202 valence electrons. The van der Waals surface area contributed by atoms with Crippen LogP contribution in [-0.4, -0.2) is 72.0 Å². The highest BCUT2D eigenvalue weighted by Gasteiger charge is 2.41. The van der Waals surface area contributed by atoms with Crippen molar-refractivity contribution in [2.24, 2.45) is 4.99 Å². The van der Waals surface area contributed by atoms with Crippen LogP contribution >= 0.6 is 23.2 Å². The first-order chi connectivity index (χ1) is 18.7. The number of amides is 1. The van der Waals surface area contributed by atoms with Crippen molar-refractivity contribution in [3.05, 3.63) is 64.0 Å². The van der Waals surface area contributed by atoms with E-state index in [1.807, 2.05) is 18.2 Å². The lowest BCUT2D eigenvalue weighted by Crippen LogP contribution is -2.55. The van der Waals surface area contributed by atoms with Crippen LogP contribution in [-0.2, 0) is 0 Å². The van der Waals surface area contributed by atoms with Gasteiger partial charge in [-0.25, -0.2) is 14.3 Å². The normalized spacial score (nSPS) is 21.1. The Balaban J connectivity index is 1.27. The molecule has 0 bridgehead atoms. The number of likely N-dealkylation sites (N-methyl/N-ethyl adjacent to an activating group) is 1. The second-order valence-corrected chi connectivity index (χ2v) is 10.8. The first-order valence-corrected chi connectivity index (χ1v) is 13.5. The van der Waals surface area contributed by atoms with E-state index in [1.54, 1.807) is 4.90 Å². The fourth-order valence-electron chi connectivity index (χ4n) is 5.30. The third kappa shape index (κ3) is 4.46. The van der Waals surface area contributed by atoms with E-state index in [9.17, 15) is 9.18 Å². The van der Waals surface area contributed by atoms with E-state index in [1.165, 1.54) is 29.3 Å². The van der Waals surface area contributed by atoms with Gasteiger partial charge in [0, 0.05) is 43.6 Å². The highest BCUT2D eigenvalue weighted by atomic mass is 35.5. The Hall–Kier alpha value is -3.47. The number of rotatable bonds is 4. The van der Waals surface area contributed by atoms with E-state index in [0.717, 1.165) is 24.5 Å². The molecular formula is C27H27Cl2FN8O. The van der Waals surface area contributed by atoms with E-state index < -0.39 is 11.7 Å². The largest absolute Gasteiger partial charge is 0.367 e. The van der Waals surface area contributed by atoms with E-state index >= 15 is 0 Å². The maximum atomic E-state index is 14.8. The van der Waals surface area contributed by atoms with Crippen LogP contribution in [0, 0.1) is 5.82 Å². The molecule has 12 heteroatoms. The van der Waals surface area contributed by atoms with Crippen molar-refractivity contribution in [2.75, 3.05) is 53.2 Å². The highest BCUT2D eigenvalue weighted by Crippen LogP contribution is 2.38. The number of benzene rings is 2. The van der Waals surface area contributed by atoms with E-state index in [2.05, 4.69) is 51.0 Å². The number of piperazine rings is 1. The first kappa shape index (κ1) is 25.8. The van der Waals surface area contributed by atoms with Gasteiger partial charge in [0.15, 0.2) is 5.82 Å². The fourth-order valence-corrected chi connectivity index (χ4v) is 5.85. The number of nitrogens with one attached hydrogen (secondary N) is 1. The monoisotopic (exact) mass is 568 g/mol. The molecule has 1 aromatic heterocycles. The van der Waals surface area contributed by atoms with Crippen molar-refractivity contribution in [1.82, 2.24) is 14.9 Å². The van der Waals surface area contributed by atoms with Crippen molar-refractivity contribution >= 4 is 63.9 Å². The van der Waals surface area contributed by atoms with Gasteiger partial charge in [0.2, 0.25) is 11.9 Å². The average molecular weight is 569 g/mol. The Morgan fingerprint density at radius 2 is 1.85 bits per heavy atom. The molecule has 3 aliphatic rings.